The number of hydrogen-bond donors (Lipinski definition) is 1. The molecule has 0 radical (unpaired) electrons. The van der Waals surface area contributed by atoms with Gasteiger partial charge in [-0.15, -0.1) is 0 Å². The first-order valence-electron chi connectivity index (χ1n) is 9.60. The third-order valence-electron chi connectivity index (χ3n) is 4.59. The summed E-state index contributed by atoms with van der Waals surface area (Å²) in [5, 5.41) is 9.38. The van der Waals surface area contributed by atoms with Crippen LogP contribution in [0.3, 0.4) is 0 Å². The summed E-state index contributed by atoms with van der Waals surface area (Å²) in [5.41, 5.74) is 4.23. The summed E-state index contributed by atoms with van der Waals surface area (Å²) in [7, 11) is 0. The van der Waals surface area contributed by atoms with Gasteiger partial charge in [-0.3, -0.25) is 4.98 Å². The van der Waals surface area contributed by atoms with Gasteiger partial charge in [-0.25, -0.2) is 9.59 Å². The van der Waals surface area contributed by atoms with Crippen LogP contribution in [0.2, 0.25) is 0 Å². The summed E-state index contributed by atoms with van der Waals surface area (Å²) < 4.78 is 11.1. The summed E-state index contributed by atoms with van der Waals surface area (Å²) in [6.07, 6.45) is 0. The smallest absolute Gasteiger partial charge is 0.343 e. The highest BCUT2D eigenvalue weighted by Gasteiger charge is 2.19. The van der Waals surface area contributed by atoms with Gasteiger partial charge in [-0.1, -0.05) is 42.5 Å². The molecule has 1 heterocycles. The first kappa shape index (κ1) is 21.0. The number of aromatic nitrogens is 1. The number of carboxylic acid groups (broad SMARTS) is 1. The third-order valence-corrected chi connectivity index (χ3v) is 4.59. The van der Waals surface area contributed by atoms with Gasteiger partial charge in [-0.05, 0) is 43.5 Å². The van der Waals surface area contributed by atoms with E-state index < -0.39 is 11.9 Å². The van der Waals surface area contributed by atoms with Gasteiger partial charge in [0, 0.05) is 11.8 Å². The van der Waals surface area contributed by atoms with Crippen LogP contribution in [0.1, 0.15) is 44.6 Å². The Morgan fingerprint density at radius 1 is 1.03 bits per heavy atom. The lowest BCUT2D eigenvalue weighted by Gasteiger charge is -2.14. The average Bonchev–Trinajstić information content (AvgIpc) is 2.72. The summed E-state index contributed by atoms with van der Waals surface area (Å²) in [6, 6.07) is 16.1. The van der Waals surface area contributed by atoms with E-state index in [1.54, 1.807) is 38.1 Å². The molecule has 30 heavy (non-hydrogen) atoms. The Kier molecular flexibility index (Phi) is 6.47. The number of aryl methyl sites for hydroxylation is 2. The second-order valence-electron chi connectivity index (χ2n) is 6.78. The zero-order valence-corrected chi connectivity index (χ0v) is 17.1. The van der Waals surface area contributed by atoms with Crippen LogP contribution in [0.5, 0.6) is 5.75 Å². The second kappa shape index (κ2) is 9.22. The summed E-state index contributed by atoms with van der Waals surface area (Å²) in [6.45, 7) is 5.85. The molecule has 6 heteroatoms. The predicted molar refractivity (Wildman–Crippen MR) is 113 cm³/mol. The minimum absolute atomic E-state index is 0.246. The highest BCUT2D eigenvalue weighted by atomic mass is 16.5. The lowest BCUT2D eigenvalue weighted by Crippen LogP contribution is -2.11. The van der Waals surface area contributed by atoms with Gasteiger partial charge in [0.1, 0.15) is 17.9 Å². The number of pyridine rings is 1. The molecule has 0 atom stereocenters. The zero-order valence-electron chi connectivity index (χ0n) is 17.1. The van der Waals surface area contributed by atoms with Crippen molar-refractivity contribution in [1.29, 1.82) is 0 Å². The lowest BCUT2D eigenvalue weighted by atomic mass is 9.99. The Bertz CT molecular complexity index is 1070. The molecule has 0 spiro atoms. The van der Waals surface area contributed by atoms with Gasteiger partial charge < -0.3 is 14.6 Å². The molecule has 1 N–H and O–H groups in total. The van der Waals surface area contributed by atoms with Crippen molar-refractivity contribution in [2.24, 2.45) is 0 Å². The highest BCUT2D eigenvalue weighted by molar-refractivity contribution is 5.96. The van der Waals surface area contributed by atoms with Crippen LogP contribution in [0.15, 0.2) is 54.6 Å². The Morgan fingerprint density at radius 3 is 2.40 bits per heavy atom. The number of rotatable bonds is 7. The van der Waals surface area contributed by atoms with Gasteiger partial charge in [-0.2, -0.15) is 0 Å². The van der Waals surface area contributed by atoms with E-state index in [4.69, 9.17) is 9.47 Å². The van der Waals surface area contributed by atoms with E-state index in [1.807, 2.05) is 37.3 Å². The Balaban J connectivity index is 1.81. The largest absolute Gasteiger partial charge is 0.488 e. The number of carbonyl (C=O) groups excluding carboxylic acids is 1. The fourth-order valence-electron chi connectivity index (χ4n) is 3.22. The number of nitrogens with zero attached hydrogens (tertiary/aromatic N) is 1. The molecule has 0 aliphatic rings. The number of benzene rings is 2. The molecule has 0 amide bonds. The van der Waals surface area contributed by atoms with Crippen molar-refractivity contribution in [1.82, 2.24) is 4.98 Å². The SMILES string of the molecule is CCOC(=O)c1c(OCc2ccc(-c3ccccc3C(=O)O)cc2)cc(C)nc1C. The second-order valence-corrected chi connectivity index (χ2v) is 6.78. The number of esters is 1. The summed E-state index contributed by atoms with van der Waals surface area (Å²) >= 11 is 0. The van der Waals surface area contributed by atoms with Crippen LogP contribution in [0.4, 0.5) is 0 Å². The molecule has 0 fully saturated rings. The van der Waals surface area contributed by atoms with E-state index in [0.29, 0.717) is 22.6 Å². The number of carbonyl (C=O) groups is 2. The van der Waals surface area contributed by atoms with E-state index in [2.05, 4.69) is 4.98 Å². The van der Waals surface area contributed by atoms with Crippen LogP contribution in [0.25, 0.3) is 11.1 Å². The quantitative estimate of drug-likeness (QED) is 0.567. The van der Waals surface area contributed by atoms with E-state index in [0.717, 1.165) is 16.8 Å². The molecule has 0 saturated carbocycles. The Labute approximate surface area is 175 Å². The number of carboxylic acids is 1. The van der Waals surface area contributed by atoms with Crippen molar-refractivity contribution in [3.63, 3.8) is 0 Å². The van der Waals surface area contributed by atoms with E-state index in [9.17, 15) is 14.7 Å². The molecule has 3 rings (SSSR count). The highest BCUT2D eigenvalue weighted by Crippen LogP contribution is 2.26. The third kappa shape index (κ3) is 4.66. The Morgan fingerprint density at radius 2 is 1.73 bits per heavy atom. The number of hydrogen-bond acceptors (Lipinski definition) is 5. The molecule has 0 aliphatic carbocycles. The Hall–Kier alpha value is -3.67. The van der Waals surface area contributed by atoms with Crippen molar-refractivity contribution in [3.8, 4) is 16.9 Å². The molecule has 0 unspecified atom stereocenters. The summed E-state index contributed by atoms with van der Waals surface area (Å²) in [5.74, 6) is -0.996. The maximum atomic E-state index is 12.3. The van der Waals surface area contributed by atoms with Crippen molar-refractivity contribution < 1.29 is 24.2 Å². The van der Waals surface area contributed by atoms with Gasteiger partial charge >= 0.3 is 11.9 Å². The van der Waals surface area contributed by atoms with Crippen molar-refractivity contribution in [2.75, 3.05) is 6.61 Å². The zero-order chi connectivity index (χ0) is 21.7. The molecule has 3 aromatic rings. The average molecular weight is 405 g/mol. The van der Waals surface area contributed by atoms with Crippen LogP contribution in [-0.4, -0.2) is 28.6 Å². The molecule has 0 bridgehead atoms. The van der Waals surface area contributed by atoms with Crippen LogP contribution < -0.4 is 4.74 Å². The molecule has 154 valence electrons. The standard InChI is InChI=1S/C24H23NO5/c1-4-29-24(28)22-16(3)25-15(2)13-21(22)30-14-17-9-11-18(12-10-17)19-7-5-6-8-20(19)23(26)27/h5-13H,4,14H2,1-3H3,(H,26,27). The number of ether oxygens (including phenoxy) is 2. The van der Waals surface area contributed by atoms with Gasteiger partial charge in [0.2, 0.25) is 0 Å². The fraction of sp³-hybridized carbons (Fsp3) is 0.208. The molecular weight excluding hydrogens is 382 g/mol. The molecular formula is C24H23NO5. The van der Waals surface area contributed by atoms with E-state index in [-0.39, 0.29) is 18.8 Å². The van der Waals surface area contributed by atoms with Gasteiger partial charge in [0.15, 0.2) is 0 Å². The van der Waals surface area contributed by atoms with Crippen molar-refractivity contribution >= 4 is 11.9 Å². The molecule has 0 aliphatic heterocycles. The van der Waals surface area contributed by atoms with Gasteiger partial charge in [0.05, 0.1) is 17.9 Å². The maximum Gasteiger partial charge on any atom is 0.343 e. The summed E-state index contributed by atoms with van der Waals surface area (Å²) in [4.78, 5) is 28.1. The van der Waals surface area contributed by atoms with Crippen LogP contribution >= 0.6 is 0 Å². The maximum absolute atomic E-state index is 12.3. The fourth-order valence-corrected chi connectivity index (χ4v) is 3.22. The van der Waals surface area contributed by atoms with Crippen LogP contribution in [0, 0.1) is 13.8 Å². The minimum Gasteiger partial charge on any atom is -0.488 e. The normalized spacial score (nSPS) is 10.5. The topological polar surface area (TPSA) is 85.7 Å². The molecule has 2 aromatic carbocycles. The van der Waals surface area contributed by atoms with Gasteiger partial charge in [0.25, 0.3) is 0 Å². The predicted octanol–water partition coefficient (Wildman–Crippen LogP) is 4.82. The molecule has 6 nitrogen and oxygen atoms in total. The first-order valence-corrected chi connectivity index (χ1v) is 9.60. The first-order chi connectivity index (χ1) is 14.4. The van der Waals surface area contributed by atoms with Crippen molar-refractivity contribution in [3.05, 3.63) is 82.7 Å². The van der Waals surface area contributed by atoms with E-state index >= 15 is 0 Å². The minimum atomic E-state index is -0.965. The number of aromatic carboxylic acids is 1. The lowest BCUT2D eigenvalue weighted by molar-refractivity contribution is 0.0519. The molecule has 1 aromatic heterocycles. The molecule has 0 saturated heterocycles. The van der Waals surface area contributed by atoms with E-state index in [1.165, 1.54) is 0 Å². The van der Waals surface area contributed by atoms with Crippen LogP contribution in [-0.2, 0) is 11.3 Å². The van der Waals surface area contributed by atoms with Crippen molar-refractivity contribution in [2.45, 2.75) is 27.4 Å². The monoisotopic (exact) mass is 405 g/mol.